The van der Waals surface area contributed by atoms with Crippen molar-refractivity contribution in [3.63, 3.8) is 0 Å². The minimum atomic E-state index is 0.311. The van der Waals surface area contributed by atoms with E-state index in [1.54, 1.807) is 0 Å². The van der Waals surface area contributed by atoms with Crippen molar-refractivity contribution in [1.82, 2.24) is 14.3 Å². The predicted molar refractivity (Wildman–Crippen MR) is 70.5 cm³/mol. The summed E-state index contributed by atoms with van der Waals surface area (Å²) in [5.74, 6) is 0. The normalized spacial score (nSPS) is 25.7. The first-order valence-electron chi connectivity index (χ1n) is 6.51. The lowest BCUT2D eigenvalue weighted by Gasteiger charge is -2.34. The summed E-state index contributed by atoms with van der Waals surface area (Å²) in [4.78, 5) is 7.05. The van der Waals surface area contributed by atoms with Crippen LogP contribution in [-0.2, 0) is 11.3 Å². The van der Waals surface area contributed by atoms with Crippen LogP contribution in [0.5, 0.6) is 0 Å². The predicted octanol–water partition coefficient (Wildman–Crippen LogP) is 1.94. The molecule has 0 bridgehead atoms. The van der Waals surface area contributed by atoms with Crippen LogP contribution < -0.4 is 0 Å². The zero-order valence-corrected chi connectivity index (χ0v) is 10.9. The van der Waals surface area contributed by atoms with Crippen LogP contribution in [0.1, 0.15) is 19.5 Å². The maximum absolute atomic E-state index is 5.75. The van der Waals surface area contributed by atoms with Crippen LogP contribution in [0.15, 0.2) is 30.6 Å². The van der Waals surface area contributed by atoms with Gasteiger partial charge < -0.3 is 9.14 Å². The van der Waals surface area contributed by atoms with E-state index < -0.39 is 0 Å². The molecule has 1 aliphatic rings. The number of aromatic nitrogens is 2. The first-order chi connectivity index (χ1) is 8.70. The lowest BCUT2D eigenvalue weighted by molar-refractivity contribution is -0.0707. The van der Waals surface area contributed by atoms with Gasteiger partial charge in [0.15, 0.2) is 0 Å². The zero-order valence-electron chi connectivity index (χ0n) is 10.9. The van der Waals surface area contributed by atoms with Crippen molar-refractivity contribution < 1.29 is 4.74 Å². The van der Waals surface area contributed by atoms with Crippen molar-refractivity contribution in [2.24, 2.45) is 0 Å². The molecule has 4 nitrogen and oxygen atoms in total. The summed E-state index contributed by atoms with van der Waals surface area (Å²) in [5, 5.41) is 0. The minimum Gasteiger partial charge on any atom is -0.373 e. The van der Waals surface area contributed by atoms with Crippen LogP contribution in [0.2, 0.25) is 0 Å². The van der Waals surface area contributed by atoms with Crippen LogP contribution in [-0.4, -0.2) is 39.6 Å². The fraction of sp³-hybridized carbons (Fsp3) is 0.500. The fourth-order valence-corrected chi connectivity index (χ4v) is 2.71. The topological polar surface area (TPSA) is 29.8 Å². The first kappa shape index (κ1) is 11.7. The van der Waals surface area contributed by atoms with Gasteiger partial charge in [0.05, 0.1) is 17.9 Å². The largest absolute Gasteiger partial charge is 0.373 e. The Balaban J connectivity index is 1.75. The molecule has 1 saturated heterocycles. The van der Waals surface area contributed by atoms with Crippen molar-refractivity contribution in [2.75, 3.05) is 13.1 Å². The Hall–Kier alpha value is -1.39. The number of rotatable bonds is 2. The molecule has 2 aromatic heterocycles. The van der Waals surface area contributed by atoms with Crippen LogP contribution in [0.4, 0.5) is 0 Å². The van der Waals surface area contributed by atoms with Gasteiger partial charge in [-0.25, -0.2) is 4.98 Å². The lowest BCUT2D eigenvalue weighted by Crippen LogP contribution is -2.44. The van der Waals surface area contributed by atoms with Gasteiger partial charge in [-0.1, -0.05) is 6.07 Å². The molecule has 1 aliphatic heterocycles. The summed E-state index contributed by atoms with van der Waals surface area (Å²) >= 11 is 0. The molecule has 0 spiro atoms. The van der Waals surface area contributed by atoms with Crippen molar-refractivity contribution in [2.45, 2.75) is 32.6 Å². The SMILES string of the molecule is C[C@@H]1CN(Cc2cn3ccccc3n2)C[C@@H](C)O1. The van der Waals surface area contributed by atoms with E-state index in [0.717, 1.165) is 31.0 Å². The zero-order chi connectivity index (χ0) is 12.5. The molecule has 3 heterocycles. The van der Waals surface area contributed by atoms with Crippen molar-refractivity contribution in [3.05, 3.63) is 36.3 Å². The average Bonchev–Trinajstić information content (AvgIpc) is 2.69. The Kier molecular flexibility index (Phi) is 3.06. The molecule has 0 saturated carbocycles. The van der Waals surface area contributed by atoms with Crippen LogP contribution in [0.3, 0.4) is 0 Å². The molecule has 3 rings (SSSR count). The number of ether oxygens (including phenoxy) is 1. The molecule has 0 aromatic carbocycles. The Morgan fingerprint density at radius 3 is 2.78 bits per heavy atom. The van der Waals surface area contributed by atoms with Crippen LogP contribution in [0, 0.1) is 0 Å². The monoisotopic (exact) mass is 245 g/mol. The number of imidazole rings is 1. The van der Waals surface area contributed by atoms with Gasteiger partial charge in [-0.3, -0.25) is 4.90 Å². The van der Waals surface area contributed by atoms with E-state index in [4.69, 9.17) is 4.74 Å². The molecule has 18 heavy (non-hydrogen) atoms. The highest BCUT2D eigenvalue weighted by Gasteiger charge is 2.22. The standard InChI is InChI=1S/C14H19N3O/c1-11-7-16(8-12(2)18-11)9-13-10-17-6-4-3-5-14(17)15-13/h3-6,10-12H,7-9H2,1-2H3/t11-,12-/m1/s1. The van der Waals surface area contributed by atoms with Gasteiger partial charge in [-0.05, 0) is 26.0 Å². The van der Waals surface area contributed by atoms with E-state index in [2.05, 4.69) is 34.3 Å². The van der Waals surface area contributed by atoms with Gasteiger partial charge in [0.2, 0.25) is 0 Å². The van der Waals surface area contributed by atoms with Crippen molar-refractivity contribution in [1.29, 1.82) is 0 Å². The van der Waals surface area contributed by atoms with Gasteiger partial charge in [0, 0.05) is 32.0 Å². The highest BCUT2D eigenvalue weighted by atomic mass is 16.5. The van der Waals surface area contributed by atoms with E-state index in [1.807, 2.05) is 24.4 Å². The number of pyridine rings is 1. The maximum atomic E-state index is 5.75. The minimum absolute atomic E-state index is 0.311. The molecule has 0 aliphatic carbocycles. The molecule has 0 unspecified atom stereocenters. The smallest absolute Gasteiger partial charge is 0.137 e. The quantitative estimate of drug-likeness (QED) is 0.810. The number of nitrogens with zero attached hydrogens (tertiary/aromatic N) is 3. The van der Waals surface area contributed by atoms with Gasteiger partial charge >= 0.3 is 0 Å². The number of fused-ring (bicyclic) bond motifs is 1. The first-order valence-corrected chi connectivity index (χ1v) is 6.51. The second-order valence-electron chi connectivity index (χ2n) is 5.15. The Bertz CT molecular complexity index is 494. The molecule has 96 valence electrons. The molecular formula is C14H19N3O. The summed E-state index contributed by atoms with van der Waals surface area (Å²) in [5.41, 5.74) is 2.14. The molecule has 0 amide bonds. The molecule has 2 aromatic rings. The molecule has 0 radical (unpaired) electrons. The van der Waals surface area contributed by atoms with E-state index in [-0.39, 0.29) is 0 Å². The second kappa shape index (κ2) is 4.71. The highest BCUT2D eigenvalue weighted by Crippen LogP contribution is 2.14. The van der Waals surface area contributed by atoms with Gasteiger partial charge in [0.1, 0.15) is 5.65 Å². The van der Waals surface area contributed by atoms with Gasteiger partial charge in [-0.2, -0.15) is 0 Å². The van der Waals surface area contributed by atoms with E-state index in [1.165, 1.54) is 0 Å². The molecule has 0 N–H and O–H groups in total. The molecule has 2 atom stereocenters. The molecular weight excluding hydrogens is 226 g/mol. The summed E-state index contributed by atoms with van der Waals surface area (Å²) in [6.45, 7) is 7.13. The number of morpholine rings is 1. The Morgan fingerprint density at radius 1 is 1.28 bits per heavy atom. The van der Waals surface area contributed by atoms with E-state index in [0.29, 0.717) is 12.2 Å². The second-order valence-corrected chi connectivity index (χ2v) is 5.15. The third-order valence-electron chi connectivity index (χ3n) is 3.29. The van der Waals surface area contributed by atoms with Crippen LogP contribution >= 0.6 is 0 Å². The number of hydrogen-bond donors (Lipinski definition) is 0. The summed E-state index contributed by atoms with van der Waals surface area (Å²) < 4.78 is 7.82. The summed E-state index contributed by atoms with van der Waals surface area (Å²) in [6, 6.07) is 6.08. The molecule has 1 fully saturated rings. The fourth-order valence-electron chi connectivity index (χ4n) is 2.71. The third-order valence-corrected chi connectivity index (χ3v) is 3.29. The van der Waals surface area contributed by atoms with Gasteiger partial charge in [-0.15, -0.1) is 0 Å². The van der Waals surface area contributed by atoms with Crippen molar-refractivity contribution >= 4 is 5.65 Å². The Morgan fingerprint density at radius 2 is 2.06 bits per heavy atom. The van der Waals surface area contributed by atoms with E-state index >= 15 is 0 Å². The maximum Gasteiger partial charge on any atom is 0.137 e. The Labute approximate surface area is 107 Å². The third kappa shape index (κ3) is 2.40. The number of hydrogen-bond acceptors (Lipinski definition) is 3. The lowest BCUT2D eigenvalue weighted by atomic mass is 10.2. The van der Waals surface area contributed by atoms with Gasteiger partial charge in [0.25, 0.3) is 0 Å². The molecule has 4 heteroatoms. The van der Waals surface area contributed by atoms with Crippen molar-refractivity contribution in [3.8, 4) is 0 Å². The van der Waals surface area contributed by atoms with E-state index in [9.17, 15) is 0 Å². The summed E-state index contributed by atoms with van der Waals surface area (Å²) in [6.07, 6.45) is 4.77. The van der Waals surface area contributed by atoms with Crippen LogP contribution in [0.25, 0.3) is 5.65 Å². The summed E-state index contributed by atoms with van der Waals surface area (Å²) in [7, 11) is 0. The average molecular weight is 245 g/mol. The highest BCUT2D eigenvalue weighted by molar-refractivity contribution is 5.39.